The Balaban J connectivity index is 1.28. The Bertz CT molecular complexity index is 981. The Labute approximate surface area is 186 Å². The lowest BCUT2D eigenvalue weighted by atomic mass is 9.98. The molecule has 4 rings (SSSR count). The summed E-state index contributed by atoms with van der Waals surface area (Å²) >= 11 is 1.37. The van der Waals surface area contributed by atoms with Crippen LogP contribution in [0.3, 0.4) is 0 Å². The fourth-order valence-corrected chi connectivity index (χ4v) is 4.59. The van der Waals surface area contributed by atoms with Crippen molar-refractivity contribution < 1.29 is 13.9 Å². The average Bonchev–Trinajstić information content (AvgIpc) is 3.46. The van der Waals surface area contributed by atoms with Gasteiger partial charge in [0.15, 0.2) is 16.7 Å². The summed E-state index contributed by atoms with van der Waals surface area (Å²) in [4.78, 5) is 12.4. The summed E-state index contributed by atoms with van der Waals surface area (Å²) in [6, 6.07) is 11.7. The number of rotatable bonds is 9. The van der Waals surface area contributed by atoms with Crippen molar-refractivity contribution in [3.05, 3.63) is 48.2 Å². The van der Waals surface area contributed by atoms with Crippen LogP contribution in [-0.2, 0) is 17.9 Å². The molecule has 1 saturated carbocycles. The van der Waals surface area contributed by atoms with Crippen LogP contribution in [0.2, 0.25) is 0 Å². The standard InChI is InChI=1S/C23H28N4O3S/c1-2-27-22(20-12-7-13-29-20)25-26-23(27)31-16-21(28)24-15-17-8-6-11-19(14-17)30-18-9-4-3-5-10-18/h6-8,11-14,18H,2-5,9-10,15-16H2,1H3,(H,24,28). The maximum Gasteiger partial charge on any atom is 0.230 e. The molecule has 0 aliphatic heterocycles. The van der Waals surface area contributed by atoms with Crippen LogP contribution in [0, 0.1) is 0 Å². The number of nitrogens with zero attached hydrogens (tertiary/aromatic N) is 3. The number of aromatic nitrogens is 3. The number of carbonyl (C=O) groups excluding carboxylic acids is 1. The van der Waals surface area contributed by atoms with Crippen LogP contribution in [0.4, 0.5) is 0 Å². The number of hydrogen-bond acceptors (Lipinski definition) is 6. The molecule has 0 unspecified atom stereocenters. The van der Waals surface area contributed by atoms with E-state index in [4.69, 9.17) is 9.15 Å². The first-order chi connectivity index (χ1) is 15.2. The van der Waals surface area contributed by atoms with Gasteiger partial charge in [-0.15, -0.1) is 10.2 Å². The first-order valence-electron chi connectivity index (χ1n) is 10.8. The first kappa shape index (κ1) is 21.5. The van der Waals surface area contributed by atoms with Gasteiger partial charge in [0.05, 0.1) is 18.1 Å². The van der Waals surface area contributed by atoms with Gasteiger partial charge in [0.25, 0.3) is 0 Å². The second kappa shape index (κ2) is 10.5. The second-order valence-corrected chi connectivity index (χ2v) is 8.56. The lowest BCUT2D eigenvalue weighted by Crippen LogP contribution is -2.25. The zero-order chi connectivity index (χ0) is 21.5. The molecule has 1 amide bonds. The molecular formula is C23H28N4O3S. The van der Waals surface area contributed by atoms with Crippen LogP contribution in [0.15, 0.2) is 52.2 Å². The minimum absolute atomic E-state index is 0.0474. The third kappa shape index (κ3) is 5.70. The Morgan fingerprint density at radius 3 is 2.87 bits per heavy atom. The molecule has 2 heterocycles. The SMILES string of the molecule is CCn1c(SCC(=O)NCc2cccc(OC3CCCCC3)c2)nnc1-c1ccco1. The lowest BCUT2D eigenvalue weighted by Gasteiger charge is -2.23. The number of ether oxygens (including phenoxy) is 1. The number of furan rings is 1. The molecule has 0 saturated heterocycles. The molecule has 1 N–H and O–H groups in total. The number of hydrogen-bond donors (Lipinski definition) is 1. The summed E-state index contributed by atoms with van der Waals surface area (Å²) in [5, 5.41) is 12.1. The van der Waals surface area contributed by atoms with Crippen molar-refractivity contribution in [2.75, 3.05) is 5.75 Å². The maximum absolute atomic E-state index is 12.4. The lowest BCUT2D eigenvalue weighted by molar-refractivity contribution is -0.118. The largest absolute Gasteiger partial charge is 0.490 e. The summed E-state index contributed by atoms with van der Waals surface area (Å²) in [5.74, 6) is 2.45. The molecule has 3 aromatic rings. The van der Waals surface area contributed by atoms with E-state index in [1.165, 1.54) is 31.0 Å². The van der Waals surface area contributed by atoms with Crippen LogP contribution < -0.4 is 10.1 Å². The van der Waals surface area contributed by atoms with Crippen LogP contribution in [0.5, 0.6) is 5.75 Å². The molecule has 0 atom stereocenters. The van der Waals surface area contributed by atoms with E-state index in [1.54, 1.807) is 6.26 Å². The fraction of sp³-hybridized carbons (Fsp3) is 0.435. The average molecular weight is 441 g/mol. The van der Waals surface area contributed by atoms with E-state index in [1.807, 2.05) is 47.9 Å². The molecule has 0 bridgehead atoms. The predicted octanol–water partition coefficient (Wildman–Crippen LogP) is 4.68. The van der Waals surface area contributed by atoms with Crippen molar-refractivity contribution in [1.82, 2.24) is 20.1 Å². The van der Waals surface area contributed by atoms with Gasteiger partial charge in [0.1, 0.15) is 5.75 Å². The first-order valence-corrected chi connectivity index (χ1v) is 11.8. The number of carbonyl (C=O) groups is 1. The van der Waals surface area contributed by atoms with Crippen LogP contribution in [0.25, 0.3) is 11.6 Å². The van der Waals surface area contributed by atoms with Crippen LogP contribution in [0.1, 0.15) is 44.6 Å². The number of thioether (sulfide) groups is 1. The quantitative estimate of drug-likeness (QED) is 0.487. The molecule has 2 aromatic heterocycles. The zero-order valence-electron chi connectivity index (χ0n) is 17.8. The van der Waals surface area contributed by atoms with Crippen LogP contribution >= 0.6 is 11.8 Å². The van der Waals surface area contributed by atoms with E-state index < -0.39 is 0 Å². The molecule has 1 aliphatic carbocycles. The molecule has 31 heavy (non-hydrogen) atoms. The molecule has 164 valence electrons. The third-order valence-corrected chi connectivity index (χ3v) is 6.32. The second-order valence-electron chi connectivity index (χ2n) is 7.62. The number of nitrogens with one attached hydrogen (secondary N) is 1. The summed E-state index contributed by atoms with van der Waals surface area (Å²) < 4.78 is 13.5. The van der Waals surface area contributed by atoms with Crippen molar-refractivity contribution in [3.63, 3.8) is 0 Å². The van der Waals surface area contributed by atoms with E-state index in [0.717, 1.165) is 24.2 Å². The third-order valence-electron chi connectivity index (χ3n) is 5.35. The number of amides is 1. The predicted molar refractivity (Wildman–Crippen MR) is 120 cm³/mol. The molecule has 1 aliphatic rings. The van der Waals surface area contributed by atoms with Gasteiger partial charge < -0.3 is 14.5 Å². The molecule has 0 spiro atoms. The highest BCUT2D eigenvalue weighted by atomic mass is 32.2. The molecular weight excluding hydrogens is 412 g/mol. The Morgan fingerprint density at radius 2 is 2.10 bits per heavy atom. The summed E-state index contributed by atoms with van der Waals surface area (Å²) in [6.45, 7) is 3.18. The van der Waals surface area contributed by atoms with Gasteiger partial charge in [-0.3, -0.25) is 9.36 Å². The Morgan fingerprint density at radius 1 is 1.23 bits per heavy atom. The monoisotopic (exact) mass is 440 g/mol. The van der Waals surface area contributed by atoms with E-state index in [0.29, 0.717) is 35.9 Å². The minimum atomic E-state index is -0.0474. The van der Waals surface area contributed by atoms with Gasteiger partial charge >= 0.3 is 0 Å². The van der Waals surface area contributed by atoms with Gasteiger partial charge in [0.2, 0.25) is 5.91 Å². The smallest absolute Gasteiger partial charge is 0.230 e. The molecule has 1 fully saturated rings. The summed E-state index contributed by atoms with van der Waals surface area (Å²) in [6.07, 6.45) is 7.98. The highest BCUT2D eigenvalue weighted by Crippen LogP contribution is 2.25. The van der Waals surface area contributed by atoms with Crippen molar-refractivity contribution in [2.45, 2.75) is 63.4 Å². The molecule has 1 aromatic carbocycles. The van der Waals surface area contributed by atoms with E-state index in [9.17, 15) is 4.79 Å². The number of benzene rings is 1. The Hall–Kier alpha value is -2.74. The highest BCUT2D eigenvalue weighted by Gasteiger charge is 2.17. The zero-order valence-corrected chi connectivity index (χ0v) is 18.6. The fourth-order valence-electron chi connectivity index (χ4n) is 3.75. The summed E-state index contributed by atoms with van der Waals surface area (Å²) in [5.41, 5.74) is 1.03. The van der Waals surface area contributed by atoms with Crippen molar-refractivity contribution >= 4 is 17.7 Å². The van der Waals surface area contributed by atoms with Gasteiger partial charge in [-0.05, 0) is 62.4 Å². The van der Waals surface area contributed by atoms with E-state index >= 15 is 0 Å². The van der Waals surface area contributed by atoms with Gasteiger partial charge in [-0.1, -0.05) is 30.3 Å². The van der Waals surface area contributed by atoms with Crippen molar-refractivity contribution in [3.8, 4) is 17.3 Å². The van der Waals surface area contributed by atoms with Gasteiger partial charge in [-0.2, -0.15) is 0 Å². The van der Waals surface area contributed by atoms with Crippen molar-refractivity contribution in [2.24, 2.45) is 0 Å². The van der Waals surface area contributed by atoms with Crippen molar-refractivity contribution in [1.29, 1.82) is 0 Å². The van der Waals surface area contributed by atoms with E-state index in [2.05, 4.69) is 15.5 Å². The highest BCUT2D eigenvalue weighted by molar-refractivity contribution is 7.99. The summed E-state index contributed by atoms with van der Waals surface area (Å²) in [7, 11) is 0. The maximum atomic E-state index is 12.4. The normalized spacial score (nSPS) is 14.5. The Kier molecular flexibility index (Phi) is 7.30. The molecule has 8 heteroatoms. The topological polar surface area (TPSA) is 82.2 Å². The van der Waals surface area contributed by atoms with Gasteiger partial charge in [-0.25, -0.2) is 0 Å². The van der Waals surface area contributed by atoms with Crippen LogP contribution in [-0.4, -0.2) is 32.5 Å². The molecule has 0 radical (unpaired) electrons. The minimum Gasteiger partial charge on any atom is -0.490 e. The van der Waals surface area contributed by atoms with Gasteiger partial charge in [0, 0.05) is 13.1 Å². The van der Waals surface area contributed by atoms with E-state index in [-0.39, 0.29) is 11.7 Å². The molecule has 7 nitrogen and oxygen atoms in total.